The molecule has 0 spiro atoms. The van der Waals surface area contributed by atoms with Gasteiger partial charge in [-0.05, 0) is 55.0 Å². The second kappa shape index (κ2) is 7.71. The van der Waals surface area contributed by atoms with Crippen molar-refractivity contribution in [3.63, 3.8) is 0 Å². The lowest BCUT2D eigenvalue weighted by Gasteiger charge is -2.11. The molecule has 0 aliphatic heterocycles. The number of hydrogen-bond donors (Lipinski definition) is 1. The zero-order valence-corrected chi connectivity index (χ0v) is 15.1. The maximum Gasteiger partial charge on any atom is 0.257 e. The van der Waals surface area contributed by atoms with Crippen LogP contribution in [0.3, 0.4) is 0 Å². The van der Waals surface area contributed by atoms with E-state index in [1.165, 1.54) is 6.20 Å². The minimum absolute atomic E-state index is 0.231. The monoisotopic (exact) mass is 371 g/mol. The van der Waals surface area contributed by atoms with E-state index in [-0.39, 0.29) is 5.91 Å². The van der Waals surface area contributed by atoms with Crippen LogP contribution in [0.25, 0.3) is 5.82 Å². The Morgan fingerprint density at radius 2 is 2.00 bits per heavy atom. The van der Waals surface area contributed by atoms with Crippen molar-refractivity contribution in [1.82, 2.24) is 19.5 Å². The van der Waals surface area contributed by atoms with E-state index in [4.69, 9.17) is 4.74 Å². The highest BCUT2D eigenvalue weighted by molar-refractivity contribution is 6.04. The topological polar surface area (TPSA) is 81.9 Å². The molecule has 0 aliphatic rings. The minimum atomic E-state index is -0.231. The Morgan fingerprint density at radius 3 is 2.68 bits per heavy atom. The SMILES string of the molecule is Cc1cc(NC(=O)c2ccc(-n3ccnc3)nc2)ccc1Oc1cccnc1. The predicted octanol–water partition coefficient (Wildman–Crippen LogP) is 4.02. The lowest BCUT2D eigenvalue weighted by Crippen LogP contribution is -2.12. The van der Waals surface area contributed by atoms with E-state index in [2.05, 4.69) is 20.3 Å². The third kappa shape index (κ3) is 3.88. The van der Waals surface area contributed by atoms with Crippen LogP contribution in [0.1, 0.15) is 15.9 Å². The molecule has 1 N–H and O–H groups in total. The van der Waals surface area contributed by atoms with Crippen LogP contribution in [0.15, 0.2) is 79.8 Å². The van der Waals surface area contributed by atoms with Crippen molar-refractivity contribution in [2.75, 3.05) is 5.32 Å². The molecule has 0 radical (unpaired) electrons. The fraction of sp³-hybridized carbons (Fsp3) is 0.0476. The van der Waals surface area contributed by atoms with Gasteiger partial charge in [0.1, 0.15) is 23.6 Å². The quantitative estimate of drug-likeness (QED) is 0.573. The van der Waals surface area contributed by atoms with E-state index in [0.29, 0.717) is 28.6 Å². The Labute approximate surface area is 161 Å². The van der Waals surface area contributed by atoms with E-state index in [1.54, 1.807) is 53.9 Å². The molecule has 28 heavy (non-hydrogen) atoms. The molecule has 0 bridgehead atoms. The first-order chi connectivity index (χ1) is 13.7. The number of amides is 1. The number of aromatic nitrogens is 4. The Kier molecular flexibility index (Phi) is 4.79. The van der Waals surface area contributed by atoms with Gasteiger partial charge in [-0.2, -0.15) is 0 Å². The fourth-order valence-electron chi connectivity index (χ4n) is 2.65. The number of carbonyl (C=O) groups excluding carboxylic acids is 1. The first-order valence-corrected chi connectivity index (χ1v) is 8.63. The normalized spacial score (nSPS) is 10.5. The maximum absolute atomic E-state index is 12.5. The van der Waals surface area contributed by atoms with Gasteiger partial charge in [-0.15, -0.1) is 0 Å². The summed E-state index contributed by atoms with van der Waals surface area (Å²) in [5.41, 5.74) is 2.05. The molecule has 3 heterocycles. The first-order valence-electron chi connectivity index (χ1n) is 8.63. The lowest BCUT2D eigenvalue weighted by molar-refractivity contribution is 0.102. The Hall–Kier alpha value is -4.00. The van der Waals surface area contributed by atoms with Gasteiger partial charge < -0.3 is 10.1 Å². The first kappa shape index (κ1) is 17.4. The van der Waals surface area contributed by atoms with Crippen molar-refractivity contribution < 1.29 is 9.53 Å². The molecule has 1 amide bonds. The van der Waals surface area contributed by atoms with Gasteiger partial charge in [-0.1, -0.05) is 0 Å². The summed E-state index contributed by atoms with van der Waals surface area (Å²) < 4.78 is 7.58. The molecular weight excluding hydrogens is 354 g/mol. The summed E-state index contributed by atoms with van der Waals surface area (Å²) >= 11 is 0. The minimum Gasteiger partial charge on any atom is -0.455 e. The van der Waals surface area contributed by atoms with Gasteiger partial charge in [0.25, 0.3) is 5.91 Å². The second-order valence-corrected chi connectivity index (χ2v) is 6.10. The summed E-state index contributed by atoms with van der Waals surface area (Å²) in [6.45, 7) is 1.92. The van der Waals surface area contributed by atoms with Crippen LogP contribution >= 0.6 is 0 Å². The highest BCUT2D eigenvalue weighted by Crippen LogP contribution is 2.27. The number of anilines is 1. The van der Waals surface area contributed by atoms with Crippen LogP contribution < -0.4 is 10.1 Å². The molecule has 0 fully saturated rings. The number of pyridine rings is 2. The van der Waals surface area contributed by atoms with Gasteiger partial charge >= 0.3 is 0 Å². The molecule has 0 unspecified atom stereocenters. The number of rotatable bonds is 5. The van der Waals surface area contributed by atoms with Crippen molar-refractivity contribution in [2.45, 2.75) is 6.92 Å². The van der Waals surface area contributed by atoms with Crippen LogP contribution in [0.5, 0.6) is 11.5 Å². The van der Waals surface area contributed by atoms with Gasteiger partial charge in [0.15, 0.2) is 0 Å². The van der Waals surface area contributed by atoms with Crippen LogP contribution in [-0.2, 0) is 0 Å². The highest BCUT2D eigenvalue weighted by atomic mass is 16.5. The Balaban J connectivity index is 1.45. The molecular formula is C21H17N5O2. The zero-order chi connectivity index (χ0) is 19.3. The molecule has 0 aliphatic carbocycles. The van der Waals surface area contributed by atoms with E-state index < -0.39 is 0 Å². The van der Waals surface area contributed by atoms with Crippen molar-refractivity contribution in [3.8, 4) is 17.3 Å². The van der Waals surface area contributed by atoms with Crippen molar-refractivity contribution in [2.24, 2.45) is 0 Å². The molecule has 1 aromatic carbocycles. The molecule has 0 saturated carbocycles. The van der Waals surface area contributed by atoms with Gasteiger partial charge in [0.05, 0.1) is 11.8 Å². The van der Waals surface area contributed by atoms with E-state index in [1.807, 2.05) is 31.2 Å². The van der Waals surface area contributed by atoms with Gasteiger partial charge in [0, 0.05) is 30.5 Å². The summed E-state index contributed by atoms with van der Waals surface area (Å²) in [5, 5.41) is 2.88. The molecule has 4 rings (SSSR count). The summed E-state index contributed by atoms with van der Waals surface area (Å²) in [5.74, 6) is 1.83. The summed E-state index contributed by atoms with van der Waals surface area (Å²) in [4.78, 5) is 24.8. The fourth-order valence-corrected chi connectivity index (χ4v) is 2.65. The van der Waals surface area contributed by atoms with Crippen molar-refractivity contribution >= 4 is 11.6 Å². The largest absolute Gasteiger partial charge is 0.455 e. The molecule has 7 nitrogen and oxygen atoms in total. The van der Waals surface area contributed by atoms with Gasteiger partial charge in [-0.25, -0.2) is 9.97 Å². The summed E-state index contributed by atoms with van der Waals surface area (Å²) in [6.07, 6.45) is 9.99. The number of nitrogens with zero attached hydrogens (tertiary/aromatic N) is 4. The number of nitrogens with one attached hydrogen (secondary N) is 1. The average Bonchev–Trinajstić information content (AvgIpc) is 3.26. The molecule has 4 aromatic rings. The van der Waals surface area contributed by atoms with Crippen LogP contribution in [0, 0.1) is 6.92 Å². The molecule has 0 atom stereocenters. The predicted molar refractivity (Wildman–Crippen MR) is 105 cm³/mol. The maximum atomic E-state index is 12.5. The Morgan fingerprint density at radius 1 is 1.07 bits per heavy atom. The third-order valence-corrected chi connectivity index (χ3v) is 4.07. The number of hydrogen-bond acceptors (Lipinski definition) is 5. The second-order valence-electron chi connectivity index (χ2n) is 6.10. The average molecular weight is 371 g/mol. The van der Waals surface area contributed by atoms with Crippen LogP contribution in [0.2, 0.25) is 0 Å². The van der Waals surface area contributed by atoms with Gasteiger partial charge in [-0.3, -0.25) is 14.3 Å². The summed E-state index contributed by atoms with van der Waals surface area (Å²) in [6, 6.07) is 12.6. The number of carbonyl (C=O) groups is 1. The van der Waals surface area contributed by atoms with Crippen molar-refractivity contribution in [1.29, 1.82) is 0 Å². The van der Waals surface area contributed by atoms with Crippen LogP contribution in [0.4, 0.5) is 5.69 Å². The third-order valence-electron chi connectivity index (χ3n) is 4.07. The highest BCUT2D eigenvalue weighted by Gasteiger charge is 2.09. The molecule has 7 heteroatoms. The smallest absolute Gasteiger partial charge is 0.257 e. The standard InChI is InChI=1S/C21H17N5O2/c1-15-11-17(5-6-19(15)28-18-3-2-8-22-13-18)25-21(27)16-4-7-20(24-12-16)26-10-9-23-14-26/h2-14H,1H3,(H,25,27). The number of imidazole rings is 1. The van der Waals surface area contributed by atoms with Crippen LogP contribution in [-0.4, -0.2) is 25.4 Å². The molecule has 3 aromatic heterocycles. The number of aryl methyl sites for hydroxylation is 1. The Bertz CT molecular complexity index is 1080. The zero-order valence-electron chi connectivity index (χ0n) is 15.1. The molecule has 0 saturated heterocycles. The van der Waals surface area contributed by atoms with E-state index in [9.17, 15) is 4.79 Å². The number of benzene rings is 1. The molecule has 138 valence electrons. The number of ether oxygens (including phenoxy) is 1. The summed E-state index contributed by atoms with van der Waals surface area (Å²) in [7, 11) is 0. The van der Waals surface area contributed by atoms with Crippen molar-refractivity contribution in [3.05, 3.63) is 90.9 Å². The van der Waals surface area contributed by atoms with E-state index in [0.717, 1.165) is 5.56 Å². The van der Waals surface area contributed by atoms with Gasteiger partial charge in [0.2, 0.25) is 0 Å². The van der Waals surface area contributed by atoms with E-state index >= 15 is 0 Å². The lowest BCUT2D eigenvalue weighted by atomic mass is 10.2.